The van der Waals surface area contributed by atoms with Crippen molar-refractivity contribution >= 4 is 11.9 Å². The van der Waals surface area contributed by atoms with Crippen LogP contribution in [0.5, 0.6) is 0 Å². The Labute approximate surface area is 339 Å². The summed E-state index contributed by atoms with van der Waals surface area (Å²) in [6, 6.07) is 34.8. The number of rotatable bonds is 14. The molecule has 2 saturated carbocycles. The summed E-state index contributed by atoms with van der Waals surface area (Å²) < 4.78 is 12.5. The van der Waals surface area contributed by atoms with Gasteiger partial charge in [-0.25, -0.2) is 0 Å². The summed E-state index contributed by atoms with van der Waals surface area (Å²) in [5, 5.41) is 19.3. The molecule has 4 aliphatic rings. The molecule has 2 fully saturated rings. The van der Waals surface area contributed by atoms with Gasteiger partial charge in [-0.3, -0.25) is 9.59 Å². The van der Waals surface area contributed by atoms with E-state index in [0.717, 1.165) is 51.4 Å². The van der Waals surface area contributed by atoms with E-state index in [9.17, 15) is 19.8 Å². The highest BCUT2D eigenvalue weighted by Crippen LogP contribution is 2.62. The van der Waals surface area contributed by atoms with Gasteiger partial charge < -0.3 is 19.7 Å². The van der Waals surface area contributed by atoms with Gasteiger partial charge in [-0.05, 0) is 153 Å². The van der Waals surface area contributed by atoms with E-state index in [0.29, 0.717) is 42.9 Å². The first-order chi connectivity index (χ1) is 27.8. The third-order valence-corrected chi connectivity index (χ3v) is 14.7. The van der Waals surface area contributed by atoms with Gasteiger partial charge in [0.2, 0.25) is 0 Å². The number of hydrogen-bond donors (Lipinski definition) is 2. The number of esters is 2. The molecule has 0 aromatic heterocycles. The predicted molar refractivity (Wildman–Crippen MR) is 225 cm³/mol. The average Bonchev–Trinajstić information content (AvgIpc) is 3.69. The van der Waals surface area contributed by atoms with Gasteiger partial charge in [0, 0.05) is 36.9 Å². The topological polar surface area (TPSA) is 93.1 Å². The number of aliphatic hydroxyl groups is 2. The van der Waals surface area contributed by atoms with Crippen molar-refractivity contribution in [3.05, 3.63) is 119 Å². The fourth-order valence-corrected chi connectivity index (χ4v) is 11.5. The maximum Gasteiger partial charge on any atom is 0.306 e. The van der Waals surface area contributed by atoms with Gasteiger partial charge in [-0.2, -0.15) is 0 Å². The van der Waals surface area contributed by atoms with Gasteiger partial charge in [0.1, 0.15) is 12.2 Å². The number of hydrogen-bond acceptors (Lipinski definition) is 6. The molecule has 4 aliphatic carbocycles. The van der Waals surface area contributed by atoms with Crippen LogP contribution in [0.3, 0.4) is 0 Å². The second-order valence-corrected chi connectivity index (χ2v) is 17.8. The maximum atomic E-state index is 14.0. The molecule has 0 spiro atoms. The van der Waals surface area contributed by atoms with Crippen LogP contribution in [0.15, 0.2) is 97.1 Å². The van der Waals surface area contributed by atoms with Gasteiger partial charge >= 0.3 is 11.9 Å². The molecule has 0 heterocycles. The van der Waals surface area contributed by atoms with Crippen LogP contribution in [0, 0.1) is 23.7 Å². The largest absolute Gasteiger partial charge is 0.462 e. The second kappa shape index (κ2) is 16.9. The molecule has 4 aromatic rings. The van der Waals surface area contributed by atoms with E-state index in [1.165, 1.54) is 44.5 Å². The summed E-state index contributed by atoms with van der Waals surface area (Å²) in [6.45, 7) is 4.55. The number of fused-ring (bicyclic) bond motifs is 6. The first kappa shape index (κ1) is 39.6. The molecule has 0 bridgehead atoms. The number of carbonyl (C=O) groups is 2. The molecular formula is C51H60O6. The lowest BCUT2D eigenvalue weighted by Gasteiger charge is -2.43. The molecule has 6 nitrogen and oxygen atoms in total. The molecule has 300 valence electrons. The monoisotopic (exact) mass is 768 g/mol. The molecule has 2 atom stereocenters. The lowest BCUT2D eigenvalue weighted by Crippen LogP contribution is -2.39. The zero-order chi connectivity index (χ0) is 39.6. The predicted octanol–water partition coefficient (Wildman–Crippen LogP) is 10.3. The van der Waals surface area contributed by atoms with Crippen LogP contribution in [-0.2, 0) is 29.9 Å². The van der Waals surface area contributed by atoms with E-state index in [-0.39, 0.29) is 50.2 Å². The van der Waals surface area contributed by atoms with Crippen LogP contribution in [-0.4, -0.2) is 47.6 Å². The third kappa shape index (κ3) is 7.60. The quantitative estimate of drug-likeness (QED) is 0.124. The average molecular weight is 769 g/mol. The molecule has 2 N–H and O–H groups in total. The molecule has 0 radical (unpaired) electrons. The van der Waals surface area contributed by atoms with Crippen LogP contribution < -0.4 is 0 Å². The summed E-state index contributed by atoms with van der Waals surface area (Å²) in [4.78, 5) is 28.0. The molecule has 6 heteroatoms. The Kier molecular flexibility index (Phi) is 11.7. The zero-order valence-corrected chi connectivity index (χ0v) is 33.8. The van der Waals surface area contributed by atoms with Crippen LogP contribution >= 0.6 is 0 Å². The minimum atomic E-state index is -0.540. The lowest BCUT2D eigenvalue weighted by atomic mass is 9.59. The van der Waals surface area contributed by atoms with Crippen LogP contribution in [0.4, 0.5) is 0 Å². The Balaban J connectivity index is 1.13. The SMILES string of the molecule is CC(OC(=O)CCC1(CC2(CCC(=O)OC(C)C3CCC(CO)CC3)c3ccccc3-c3ccccc32)c2ccccc2-c2ccccc21)C1CCC(CO)CC1. The fourth-order valence-electron chi connectivity index (χ4n) is 11.5. The summed E-state index contributed by atoms with van der Waals surface area (Å²) in [5.74, 6) is 0.998. The molecule has 0 amide bonds. The first-order valence-electron chi connectivity index (χ1n) is 21.8. The third-order valence-electron chi connectivity index (χ3n) is 14.7. The first-order valence-corrected chi connectivity index (χ1v) is 21.8. The van der Waals surface area contributed by atoms with E-state index in [1.54, 1.807) is 0 Å². The van der Waals surface area contributed by atoms with Gasteiger partial charge in [0.15, 0.2) is 0 Å². The lowest BCUT2D eigenvalue weighted by molar-refractivity contribution is -0.152. The number of aliphatic hydroxyl groups excluding tert-OH is 2. The van der Waals surface area contributed by atoms with E-state index in [4.69, 9.17) is 9.47 Å². The standard InChI is InChI=1S/C51H60O6/c1-34(38-23-19-36(31-52)20-24-38)56-48(54)27-29-50(44-15-7-3-11-40(44)41-12-4-8-16-45(41)50)33-51(46-17-9-5-13-42(46)43-14-6-10-18-47(43)51)30-28-49(55)57-35(2)39-25-21-37(32-53)22-26-39/h3-18,34-39,52-53H,19-33H2,1-2H3. The highest BCUT2D eigenvalue weighted by Gasteiger charge is 2.53. The van der Waals surface area contributed by atoms with Gasteiger partial charge in [-0.1, -0.05) is 97.1 Å². The van der Waals surface area contributed by atoms with Crippen molar-refractivity contribution in [2.75, 3.05) is 13.2 Å². The Morgan fingerprint density at radius 1 is 0.526 bits per heavy atom. The number of carbonyl (C=O) groups excluding carboxylic acids is 2. The summed E-state index contributed by atoms with van der Waals surface area (Å²) in [6.07, 6.45) is 9.82. The summed E-state index contributed by atoms with van der Waals surface area (Å²) in [7, 11) is 0. The van der Waals surface area contributed by atoms with Gasteiger partial charge in [-0.15, -0.1) is 0 Å². The maximum absolute atomic E-state index is 14.0. The van der Waals surface area contributed by atoms with Crippen molar-refractivity contribution in [2.24, 2.45) is 23.7 Å². The van der Waals surface area contributed by atoms with Crippen molar-refractivity contribution in [1.29, 1.82) is 0 Å². The smallest absolute Gasteiger partial charge is 0.306 e. The minimum Gasteiger partial charge on any atom is -0.462 e. The Bertz CT molecular complexity index is 1800. The van der Waals surface area contributed by atoms with Gasteiger partial charge in [0.25, 0.3) is 0 Å². The summed E-state index contributed by atoms with van der Waals surface area (Å²) in [5.41, 5.74) is 8.64. The van der Waals surface area contributed by atoms with E-state index in [1.807, 2.05) is 13.8 Å². The van der Waals surface area contributed by atoms with E-state index in [2.05, 4.69) is 97.1 Å². The van der Waals surface area contributed by atoms with Crippen molar-refractivity contribution in [3.63, 3.8) is 0 Å². The number of benzene rings is 4. The molecule has 0 aliphatic heterocycles. The molecule has 0 saturated heterocycles. The highest BCUT2D eigenvalue weighted by molar-refractivity contribution is 5.85. The van der Waals surface area contributed by atoms with Crippen molar-refractivity contribution in [1.82, 2.24) is 0 Å². The Morgan fingerprint density at radius 2 is 0.825 bits per heavy atom. The molecule has 8 rings (SSSR count). The summed E-state index contributed by atoms with van der Waals surface area (Å²) >= 11 is 0. The van der Waals surface area contributed by atoms with Crippen molar-refractivity contribution in [3.8, 4) is 22.3 Å². The normalized spacial score (nSPS) is 23.6. The Hall–Kier alpha value is -4.26. The van der Waals surface area contributed by atoms with Crippen LogP contribution in [0.2, 0.25) is 0 Å². The second-order valence-electron chi connectivity index (χ2n) is 17.8. The van der Waals surface area contributed by atoms with Crippen molar-refractivity contribution < 1.29 is 29.3 Å². The molecule has 57 heavy (non-hydrogen) atoms. The van der Waals surface area contributed by atoms with Gasteiger partial charge in [0.05, 0.1) is 0 Å². The molecular weight excluding hydrogens is 709 g/mol. The molecule has 4 aromatic carbocycles. The van der Waals surface area contributed by atoms with E-state index < -0.39 is 10.8 Å². The molecule has 2 unspecified atom stereocenters. The number of ether oxygens (including phenoxy) is 2. The van der Waals surface area contributed by atoms with Crippen molar-refractivity contribution in [2.45, 2.75) is 120 Å². The highest BCUT2D eigenvalue weighted by atomic mass is 16.5. The van der Waals surface area contributed by atoms with Crippen LogP contribution in [0.25, 0.3) is 22.3 Å². The van der Waals surface area contributed by atoms with E-state index >= 15 is 0 Å². The zero-order valence-electron chi connectivity index (χ0n) is 33.8. The Morgan fingerprint density at radius 3 is 1.12 bits per heavy atom. The van der Waals surface area contributed by atoms with Crippen LogP contribution in [0.1, 0.15) is 120 Å². The minimum absolute atomic E-state index is 0.167. The fraction of sp³-hybridized carbons (Fsp3) is 0.490.